The molecule has 164 valence electrons. The van der Waals surface area contributed by atoms with Crippen LogP contribution < -0.4 is 15.5 Å². The number of anilines is 1. The number of aliphatic imine (C=N–C) groups is 1. The number of likely N-dealkylation sites (tertiary alicyclic amines) is 1. The Hall–Kier alpha value is -1.87. The molecule has 7 heteroatoms. The molecule has 0 atom stereocenters. The summed E-state index contributed by atoms with van der Waals surface area (Å²) in [7, 11) is 5.84. The zero-order valence-electron chi connectivity index (χ0n) is 18.6. The first-order valence-electron chi connectivity index (χ1n) is 10.4. The monoisotopic (exact) mass is 522 g/mol. The number of hydrogen-bond acceptors (Lipinski definition) is 4. The molecule has 1 aliphatic heterocycles. The molecule has 0 spiro atoms. The van der Waals surface area contributed by atoms with Gasteiger partial charge in [-0.1, -0.05) is 35.9 Å². The van der Waals surface area contributed by atoms with Crippen LogP contribution in [0, 0.1) is 6.92 Å². The van der Waals surface area contributed by atoms with Gasteiger partial charge in [0.2, 0.25) is 0 Å². The zero-order valence-corrected chi connectivity index (χ0v) is 20.9. The minimum atomic E-state index is 0. The van der Waals surface area contributed by atoms with Crippen molar-refractivity contribution in [3.05, 3.63) is 59.3 Å². The molecule has 0 saturated carbocycles. The standard InChI is InChI=1S/C23H34N6.HI/c1-18-7-5-8-19(15-18)17-29-13-11-20(12-14-29)27-23(24-2)25-16-21-9-6-10-22(26-21)28(3)4;/h5-10,15,20H,11-14,16-17H2,1-4H3,(H2,24,25,27);1H. The minimum absolute atomic E-state index is 0. The molecule has 0 amide bonds. The number of hydrogen-bond donors (Lipinski definition) is 2. The summed E-state index contributed by atoms with van der Waals surface area (Å²) >= 11 is 0. The maximum Gasteiger partial charge on any atom is 0.191 e. The molecule has 0 aliphatic carbocycles. The van der Waals surface area contributed by atoms with Crippen LogP contribution in [0.1, 0.15) is 29.7 Å². The van der Waals surface area contributed by atoms with Crippen LogP contribution in [0.15, 0.2) is 47.5 Å². The van der Waals surface area contributed by atoms with Gasteiger partial charge in [0.1, 0.15) is 5.82 Å². The van der Waals surface area contributed by atoms with E-state index in [-0.39, 0.29) is 24.0 Å². The molecule has 2 aromatic rings. The Bertz CT molecular complexity index is 815. The van der Waals surface area contributed by atoms with Crippen molar-refractivity contribution in [1.29, 1.82) is 0 Å². The molecule has 1 aromatic heterocycles. The molecule has 0 unspecified atom stereocenters. The summed E-state index contributed by atoms with van der Waals surface area (Å²) < 4.78 is 0. The SMILES string of the molecule is CN=C(NCc1cccc(N(C)C)n1)NC1CCN(Cc2cccc(C)c2)CC1.I. The third kappa shape index (κ3) is 7.43. The van der Waals surface area contributed by atoms with Gasteiger partial charge in [-0.25, -0.2) is 4.98 Å². The molecule has 1 aromatic carbocycles. The Morgan fingerprint density at radius 1 is 1.17 bits per heavy atom. The summed E-state index contributed by atoms with van der Waals surface area (Å²) in [5, 5.41) is 6.98. The number of guanidine groups is 1. The first kappa shape index (κ1) is 24.4. The van der Waals surface area contributed by atoms with Crippen LogP contribution in [0.25, 0.3) is 0 Å². The van der Waals surface area contributed by atoms with Gasteiger partial charge in [0.05, 0.1) is 12.2 Å². The normalized spacial score (nSPS) is 15.4. The van der Waals surface area contributed by atoms with Gasteiger partial charge in [-0.3, -0.25) is 9.89 Å². The van der Waals surface area contributed by atoms with Crippen LogP contribution in [0.4, 0.5) is 5.82 Å². The van der Waals surface area contributed by atoms with E-state index in [2.05, 4.69) is 56.7 Å². The summed E-state index contributed by atoms with van der Waals surface area (Å²) in [4.78, 5) is 13.6. The largest absolute Gasteiger partial charge is 0.363 e. The Morgan fingerprint density at radius 3 is 2.57 bits per heavy atom. The highest BCUT2D eigenvalue weighted by Gasteiger charge is 2.20. The third-order valence-electron chi connectivity index (χ3n) is 5.33. The van der Waals surface area contributed by atoms with E-state index >= 15 is 0 Å². The number of aromatic nitrogens is 1. The number of nitrogens with zero attached hydrogens (tertiary/aromatic N) is 4. The van der Waals surface area contributed by atoms with Gasteiger partial charge in [0, 0.05) is 46.8 Å². The second kappa shape index (κ2) is 12.1. The molecule has 6 nitrogen and oxygen atoms in total. The van der Waals surface area contributed by atoms with Crippen molar-refractivity contribution in [3.8, 4) is 0 Å². The molecular formula is C23H35IN6. The summed E-state index contributed by atoms with van der Waals surface area (Å²) in [6, 6.07) is 15.4. The molecule has 30 heavy (non-hydrogen) atoms. The van der Waals surface area contributed by atoms with Crippen molar-refractivity contribution >= 4 is 35.8 Å². The maximum atomic E-state index is 4.66. The fraction of sp³-hybridized carbons (Fsp3) is 0.478. The summed E-state index contributed by atoms with van der Waals surface area (Å²) in [5.74, 6) is 1.81. The lowest BCUT2D eigenvalue weighted by molar-refractivity contribution is 0.198. The predicted octanol–water partition coefficient (Wildman–Crippen LogP) is 3.40. The van der Waals surface area contributed by atoms with E-state index in [1.54, 1.807) is 0 Å². The van der Waals surface area contributed by atoms with E-state index in [1.165, 1.54) is 11.1 Å². The molecule has 1 fully saturated rings. The smallest absolute Gasteiger partial charge is 0.191 e. The highest BCUT2D eigenvalue weighted by molar-refractivity contribution is 14.0. The number of pyridine rings is 1. The van der Waals surface area contributed by atoms with Crippen molar-refractivity contribution in [1.82, 2.24) is 20.5 Å². The molecule has 1 aliphatic rings. The first-order valence-corrected chi connectivity index (χ1v) is 10.4. The fourth-order valence-corrected chi connectivity index (χ4v) is 3.68. The van der Waals surface area contributed by atoms with Gasteiger partial charge in [-0.2, -0.15) is 0 Å². The van der Waals surface area contributed by atoms with Crippen molar-refractivity contribution in [3.63, 3.8) is 0 Å². The average molecular weight is 522 g/mol. The van der Waals surface area contributed by atoms with Crippen molar-refractivity contribution in [2.75, 3.05) is 39.1 Å². The van der Waals surface area contributed by atoms with Gasteiger partial charge in [0.25, 0.3) is 0 Å². The summed E-state index contributed by atoms with van der Waals surface area (Å²) in [6.45, 7) is 6.07. The lowest BCUT2D eigenvalue weighted by Crippen LogP contribution is -2.48. The van der Waals surface area contributed by atoms with Crippen LogP contribution in [0.3, 0.4) is 0 Å². The van der Waals surface area contributed by atoms with Gasteiger partial charge >= 0.3 is 0 Å². The minimum Gasteiger partial charge on any atom is -0.363 e. The lowest BCUT2D eigenvalue weighted by atomic mass is 10.0. The number of rotatable bonds is 6. The Labute approximate surface area is 198 Å². The summed E-state index contributed by atoms with van der Waals surface area (Å²) in [5.41, 5.74) is 3.74. The average Bonchev–Trinajstić information content (AvgIpc) is 2.72. The fourth-order valence-electron chi connectivity index (χ4n) is 3.68. The molecular weight excluding hydrogens is 487 g/mol. The van der Waals surface area contributed by atoms with Crippen LogP contribution >= 0.6 is 24.0 Å². The Morgan fingerprint density at radius 2 is 1.90 bits per heavy atom. The Kier molecular flexibility index (Phi) is 9.84. The molecule has 1 saturated heterocycles. The van der Waals surface area contributed by atoms with Crippen LogP contribution in [-0.4, -0.2) is 56.1 Å². The van der Waals surface area contributed by atoms with E-state index in [0.717, 1.165) is 49.9 Å². The van der Waals surface area contributed by atoms with Gasteiger partial charge < -0.3 is 15.5 Å². The highest BCUT2D eigenvalue weighted by Crippen LogP contribution is 2.15. The maximum absolute atomic E-state index is 4.66. The summed E-state index contributed by atoms with van der Waals surface area (Å²) in [6.07, 6.45) is 2.25. The second-order valence-electron chi connectivity index (χ2n) is 7.99. The molecule has 0 bridgehead atoms. The van der Waals surface area contributed by atoms with E-state index in [0.29, 0.717) is 12.6 Å². The number of halogens is 1. The van der Waals surface area contributed by atoms with E-state index in [4.69, 9.17) is 0 Å². The lowest BCUT2D eigenvalue weighted by Gasteiger charge is -2.33. The second-order valence-corrected chi connectivity index (χ2v) is 7.99. The van der Waals surface area contributed by atoms with Crippen LogP contribution in [0.2, 0.25) is 0 Å². The first-order chi connectivity index (χ1) is 14.0. The molecule has 2 N–H and O–H groups in total. The number of benzene rings is 1. The van der Waals surface area contributed by atoms with Crippen molar-refractivity contribution in [2.45, 2.75) is 38.9 Å². The molecule has 2 heterocycles. The van der Waals surface area contributed by atoms with Crippen LogP contribution in [-0.2, 0) is 13.1 Å². The Balaban J connectivity index is 0.00000320. The molecule has 3 rings (SSSR count). The van der Waals surface area contributed by atoms with Crippen molar-refractivity contribution in [2.24, 2.45) is 4.99 Å². The third-order valence-corrected chi connectivity index (χ3v) is 5.33. The number of piperidine rings is 1. The van der Waals surface area contributed by atoms with Gasteiger partial charge in [0.15, 0.2) is 5.96 Å². The van der Waals surface area contributed by atoms with Crippen molar-refractivity contribution < 1.29 is 0 Å². The highest BCUT2D eigenvalue weighted by atomic mass is 127. The van der Waals surface area contributed by atoms with Crippen LogP contribution in [0.5, 0.6) is 0 Å². The molecule has 0 radical (unpaired) electrons. The predicted molar refractivity (Wildman–Crippen MR) is 137 cm³/mol. The van der Waals surface area contributed by atoms with E-state index in [9.17, 15) is 0 Å². The van der Waals surface area contributed by atoms with Gasteiger partial charge in [-0.05, 0) is 37.5 Å². The zero-order chi connectivity index (χ0) is 20.6. The van der Waals surface area contributed by atoms with E-state index in [1.807, 2.05) is 44.2 Å². The van der Waals surface area contributed by atoms with E-state index < -0.39 is 0 Å². The number of aryl methyl sites for hydroxylation is 1. The quantitative estimate of drug-likeness (QED) is 0.346. The van der Waals surface area contributed by atoms with Gasteiger partial charge in [-0.15, -0.1) is 24.0 Å². The topological polar surface area (TPSA) is 55.8 Å². The number of nitrogens with one attached hydrogen (secondary N) is 2.